The van der Waals surface area contributed by atoms with Gasteiger partial charge in [-0.25, -0.2) is 9.59 Å². The summed E-state index contributed by atoms with van der Waals surface area (Å²) in [4.78, 5) is 32.8. The third-order valence-corrected chi connectivity index (χ3v) is 3.44. The second-order valence-corrected chi connectivity index (χ2v) is 4.89. The average Bonchev–Trinajstić information content (AvgIpc) is 2.68. The number of rotatable bonds is 5. The van der Waals surface area contributed by atoms with Gasteiger partial charge in [0.15, 0.2) is 0 Å². The summed E-state index contributed by atoms with van der Waals surface area (Å²) in [5, 5.41) is 13.6. The Hall–Kier alpha value is -1.44. The van der Waals surface area contributed by atoms with Gasteiger partial charge in [-0.05, 0) is 12.2 Å². The third kappa shape index (κ3) is 4.94. The van der Waals surface area contributed by atoms with Gasteiger partial charge in [-0.3, -0.25) is 4.79 Å². The molecule has 1 aliphatic heterocycles. The number of carboxylic acids is 1. The van der Waals surface area contributed by atoms with E-state index in [1.165, 1.54) is 0 Å². The molecule has 1 aliphatic rings. The monoisotopic (exact) mass is 261 g/mol. The molecule has 0 aromatic carbocycles. The van der Waals surface area contributed by atoms with Crippen LogP contribution in [0, 0.1) is 0 Å². The molecule has 1 heterocycles. The topological polar surface area (TPSA) is 122 Å². The van der Waals surface area contributed by atoms with Gasteiger partial charge in [0.1, 0.15) is 6.04 Å². The summed E-state index contributed by atoms with van der Waals surface area (Å²) < 4.78 is 0. The van der Waals surface area contributed by atoms with Crippen molar-refractivity contribution >= 4 is 29.7 Å². The van der Waals surface area contributed by atoms with Crippen LogP contribution < -0.4 is 16.4 Å². The molecule has 7 nitrogen and oxygen atoms in total. The molecular weight excluding hydrogens is 246 g/mol. The van der Waals surface area contributed by atoms with Crippen LogP contribution >= 0.6 is 11.8 Å². The van der Waals surface area contributed by atoms with E-state index in [0.717, 1.165) is 17.9 Å². The number of carbonyl (C=O) groups is 3. The Kier molecular flexibility index (Phi) is 5.08. The quantitative estimate of drug-likeness (QED) is 0.512. The summed E-state index contributed by atoms with van der Waals surface area (Å²) >= 11 is 1.73. The molecule has 0 aliphatic carbocycles. The maximum Gasteiger partial charge on any atom is 0.326 e. The normalized spacial score (nSPS) is 20.6. The summed E-state index contributed by atoms with van der Waals surface area (Å²) in [7, 11) is 0. The molecule has 3 amide bonds. The van der Waals surface area contributed by atoms with Gasteiger partial charge in [0.05, 0.1) is 6.42 Å². The minimum Gasteiger partial charge on any atom is -0.480 e. The van der Waals surface area contributed by atoms with Crippen LogP contribution in [0.25, 0.3) is 0 Å². The highest BCUT2D eigenvalue weighted by atomic mass is 32.2. The Morgan fingerprint density at radius 1 is 1.47 bits per heavy atom. The van der Waals surface area contributed by atoms with E-state index < -0.39 is 30.4 Å². The van der Waals surface area contributed by atoms with E-state index in [-0.39, 0.29) is 6.04 Å². The molecule has 8 heteroatoms. The first-order valence-corrected chi connectivity index (χ1v) is 6.30. The number of hydrogen-bond donors (Lipinski definition) is 4. The molecule has 0 spiro atoms. The van der Waals surface area contributed by atoms with E-state index in [9.17, 15) is 14.4 Å². The second-order valence-electron chi connectivity index (χ2n) is 3.74. The highest BCUT2D eigenvalue weighted by Gasteiger charge is 2.24. The molecule has 5 N–H and O–H groups in total. The maximum absolute atomic E-state index is 11.4. The van der Waals surface area contributed by atoms with Crippen molar-refractivity contribution in [3.8, 4) is 0 Å². The Morgan fingerprint density at radius 3 is 2.65 bits per heavy atom. The number of urea groups is 1. The molecule has 1 rings (SSSR count). The number of aliphatic carboxylic acids is 1. The van der Waals surface area contributed by atoms with Crippen LogP contribution in [0.3, 0.4) is 0 Å². The van der Waals surface area contributed by atoms with Gasteiger partial charge in [0.25, 0.3) is 0 Å². The molecule has 0 aromatic rings. The summed E-state index contributed by atoms with van der Waals surface area (Å²) in [5.74, 6) is -0.246. The van der Waals surface area contributed by atoms with E-state index in [1.807, 2.05) is 0 Å². The lowest BCUT2D eigenvalue weighted by Gasteiger charge is -2.16. The van der Waals surface area contributed by atoms with Crippen molar-refractivity contribution in [2.24, 2.45) is 5.73 Å². The zero-order valence-electron chi connectivity index (χ0n) is 9.14. The van der Waals surface area contributed by atoms with Crippen LogP contribution in [-0.4, -0.2) is 46.6 Å². The largest absolute Gasteiger partial charge is 0.480 e. The molecule has 0 saturated carbocycles. The van der Waals surface area contributed by atoms with Crippen LogP contribution in [-0.2, 0) is 9.59 Å². The molecule has 2 atom stereocenters. The molecule has 1 unspecified atom stereocenters. The highest BCUT2D eigenvalue weighted by Crippen LogP contribution is 2.16. The number of hydrogen-bond acceptors (Lipinski definition) is 4. The second kappa shape index (κ2) is 6.33. The minimum absolute atomic E-state index is 0.0584. The Labute approximate surface area is 102 Å². The van der Waals surface area contributed by atoms with E-state index in [4.69, 9.17) is 10.8 Å². The molecule has 0 aromatic heterocycles. The van der Waals surface area contributed by atoms with Crippen LogP contribution in [0.2, 0.25) is 0 Å². The molecule has 1 saturated heterocycles. The predicted octanol–water partition coefficient (Wildman–Crippen LogP) is -0.880. The fraction of sp³-hybridized carbons (Fsp3) is 0.667. The van der Waals surface area contributed by atoms with Gasteiger partial charge >= 0.3 is 12.0 Å². The van der Waals surface area contributed by atoms with Crippen molar-refractivity contribution in [2.75, 3.05) is 11.5 Å². The molecule has 96 valence electrons. The maximum atomic E-state index is 11.4. The minimum atomic E-state index is -1.28. The number of primary amides is 1. The standard InChI is InChI=1S/C9H15N3O4S/c10-7(13)3-6(8(14)15)12-9(16)11-5-1-2-17-4-5/h5-6H,1-4H2,(H2,10,13)(H,14,15)(H2,11,12,16)/t5?,6-/m0/s1. The van der Waals surface area contributed by atoms with Crippen molar-refractivity contribution < 1.29 is 19.5 Å². The first-order valence-electron chi connectivity index (χ1n) is 5.15. The van der Waals surface area contributed by atoms with Crippen LogP contribution in [0.4, 0.5) is 4.79 Å². The van der Waals surface area contributed by atoms with E-state index >= 15 is 0 Å². The van der Waals surface area contributed by atoms with Gasteiger partial charge in [-0.15, -0.1) is 0 Å². The Bertz CT molecular complexity index is 317. The number of carboxylic acid groups (broad SMARTS) is 1. The van der Waals surface area contributed by atoms with Crippen LogP contribution in [0.15, 0.2) is 0 Å². The fourth-order valence-electron chi connectivity index (χ4n) is 1.43. The number of thioether (sulfide) groups is 1. The zero-order chi connectivity index (χ0) is 12.8. The lowest BCUT2D eigenvalue weighted by molar-refractivity contribution is -0.140. The van der Waals surface area contributed by atoms with Crippen molar-refractivity contribution in [2.45, 2.75) is 24.9 Å². The van der Waals surface area contributed by atoms with E-state index in [1.54, 1.807) is 11.8 Å². The molecule has 0 bridgehead atoms. The summed E-state index contributed by atoms with van der Waals surface area (Å²) in [5.41, 5.74) is 4.89. The zero-order valence-corrected chi connectivity index (χ0v) is 9.96. The SMILES string of the molecule is NC(=O)C[C@H](NC(=O)NC1CCSC1)C(=O)O. The summed E-state index contributed by atoms with van der Waals surface area (Å²) in [6.07, 6.45) is 0.452. The first-order chi connectivity index (χ1) is 7.99. The van der Waals surface area contributed by atoms with Crippen molar-refractivity contribution in [1.82, 2.24) is 10.6 Å². The van der Waals surface area contributed by atoms with Gasteiger partial charge in [-0.1, -0.05) is 0 Å². The summed E-state index contributed by atoms with van der Waals surface area (Å²) in [6, 6.07) is -1.80. The number of nitrogens with two attached hydrogens (primary N) is 1. The van der Waals surface area contributed by atoms with E-state index in [2.05, 4.69) is 10.6 Å². The van der Waals surface area contributed by atoms with Gasteiger partial charge in [0, 0.05) is 11.8 Å². The molecular formula is C9H15N3O4S. The van der Waals surface area contributed by atoms with Crippen LogP contribution in [0.5, 0.6) is 0 Å². The fourth-order valence-corrected chi connectivity index (χ4v) is 2.59. The third-order valence-electron chi connectivity index (χ3n) is 2.27. The number of amides is 3. The highest BCUT2D eigenvalue weighted by molar-refractivity contribution is 7.99. The summed E-state index contributed by atoms with van der Waals surface area (Å²) in [6.45, 7) is 0. The lowest BCUT2D eigenvalue weighted by atomic mass is 10.2. The Balaban J connectivity index is 2.40. The van der Waals surface area contributed by atoms with E-state index in [0.29, 0.717) is 0 Å². The number of carbonyl (C=O) groups excluding carboxylic acids is 2. The van der Waals surface area contributed by atoms with Gasteiger partial charge in [0.2, 0.25) is 5.91 Å². The Morgan fingerprint density at radius 2 is 2.18 bits per heavy atom. The van der Waals surface area contributed by atoms with Crippen molar-refractivity contribution in [1.29, 1.82) is 0 Å². The smallest absolute Gasteiger partial charge is 0.326 e. The van der Waals surface area contributed by atoms with Gasteiger partial charge in [-0.2, -0.15) is 11.8 Å². The predicted molar refractivity (Wildman–Crippen MR) is 62.6 cm³/mol. The molecule has 0 radical (unpaired) electrons. The average molecular weight is 261 g/mol. The van der Waals surface area contributed by atoms with Gasteiger partial charge < -0.3 is 21.5 Å². The van der Waals surface area contributed by atoms with Crippen molar-refractivity contribution in [3.63, 3.8) is 0 Å². The van der Waals surface area contributed by atoms with Crippen molar-refractivity contribution in [3.05, 3.63) is 0 Å². The van der Waals surface area contributed by atoms with Crippen LogP contribution in [0.1, 0.15) is 12.8 Å². The molecule has 1 fully saturated rings. The number of nitrogens with one attached hydrogen (secondary N) is 2. The first kappa shape index (κ1) is 13.6. The lowest BCUT2D eigenvalue weighted by Crippen LogP contribution is -2.50. The molecule has 17 heavy (non-hydrogen) atoms.